The highest BCUT2D eigenvalue weighted by Crippen LogP contribution is 2.35. The van der Waals surface area contributed by atoms with E-state index in [0.717, 1.165) is 6.42 Å². The SMILES string of the molecule is CC1Cc2nccn2C1c1ccccc1. The molecular formula is C13H14N2. The van der Waals surface area contributed by atoms with E-state index in [1.165, 1.54) is 11.4 Å². The van der Waals surface area contributed by atoms with Crippen molar-refractivity contribution in [3.8, 4) is 0 Å². The summed E-state index contributed by atoms with van der Waals surface area (Å²) in [6.45, 7) is 2.30. The molecule has 2 unspecified atom stereocenters. The highest BCUT2D eigenvalue weighted by molar-refractivity contribution is 5.24. The van der Waals surface area contributed by atoms with E-state index >= 15 is 0 Å². The van der Waals surface area contributed by atoms with Gasteiger partial charge in [0.25, 0.3) is 0 Å². The first-order valence-corrected chi connectivity index (χ1v) is 5.43. The van der Waals surface area contributed by atoms with Crippen molar-refractivity contribution in [3.63, 3.8) is 0 Å². The molecule has 2 nitrogen and oxygen atoms in total. The molecule has 0 saturated heterocycles. The van der Waals surface area contributed by atoms with Gasteiger partial charge in [-0.1, -0.05) is 37.3 Å². The highest BCUT2D eigenvalue weighted by Gasteiger charge is 2.30. The Morgan fingerprint density at radius 3 is 2.87 bits per heavy atom. The highest BCUT2D eigenvalue weighted by atomic mass is 15.1. The van der Waals surface area contributed by atoms with Crippen molar-refractivity contribution in [3.05, 3.63) is 54.1 Å². The van der Waals surface area contributed by atoms with Crippen molar-refractivity contribution in [2.24, 2.45) is 5.92 Å². The topological polar surface area (TPSA) is 17.8 Å². The number of fused-ring (bicyclic) bond motifs is 1. The van der Waals surface area contributed by atoms with Gasteiger partial charge in [0.15, 0.2) is 0 Å². The maximum absolute atomic E-state index is 4.39. The summed E-state index contributed by atoms with van der Waals surface area (Å²) in [7, 11) is 0. The van der Waals surface area contributed by atoms with Gasteiger partial charge < -0.3 is 4.57 Å². The van der Waals surface area contributed by atoms with Crippen LogP contribution >= 0.6 is 0 Å². The molecule has 3 rings (SSSR count). The van der Waals surface area contributed by atoms with Crippen molar-refractivity contribution >= 4 is 0 Å². The van der Waals surface area contributed by atoms with Crippen LogP contribution < -0.4 is 0 Å². The summed E-state index contributed by atoms with van der Waals surface area (Å²) in [5.41, 5.74) is 1.39. The second kappa shape index (κ2) is 3.23. The van der Waals surface area contributed by atoms with Crippen molar-refractivity contribution in [2.45, 2.75) is 19.4 Å². The monoisotopic (exact) mass is 198 g/mol. The van der Waals surface area contributed by atoms with Gasteiger partial charge in [0, 0.05) is 18.8 Å². The molecule has 76 valence electrons. The van der Waals surface area contributed by atoms with E-state index < -0.39 is 0 Å². The molecule has 2 aromatic rings. The van der Waals surface area contributed by atoms with Gasteiger partial charge in [-0.2, -0.15) is 0 Å². The predicted molar refractivity (Wildman–Crippen MR) is 59.7 cm³/mol. The molecule has 0 N–H and O–H groups in total. The van der Waals surface area contributed by atoms with Crippen LogP contribution in [0.5, 0.6) is 0 Å². The molecule has 15 heavy (non-hydrogen) atoms. The molecule has 0 radical (unpaired) electrons. The van der Waals surface area contributed by atoms with Crippen LogP contribution in [0.25, 0.3) is 0 Å². The van der Waals surface area contributed by atoms with Crippen molar-refractivity contribution < 1.29 is 0 Å². The van der Waals surface area contributed by atoms with Gasteiger partial charge in [-0.05, 0) is 11.5 Å². The fourth-order valence-corrected chi connectivity index (χ4v) is 2.57. The van der Waals surface area contributed by atoms with Crippen LogP contribution in [0.1, 0.15) is 24.4 Å². The Labute approximate surface area is 89.6 Å². The van der Waals surface area contributed by atoms with Crippen LogP contribution in [0.15, 0.2) is 42.7 Å². The fourth-order valence-electron chi connectivity index (χ4n) is 2.57. The van der Waals surface area contributed by atoms with Gasteiger partial charge in [0.1, 0.15) is 5.82 Å². The Balaban J connectivity index is 2.07. The Morgan fingerprint density at radius 1 is 1.27 bits per heavy atom. The molecule has 1 aromatic carbocycles. The molecule has 0 bridgehead atoms. The zero-order chi connectivity index (χ0) is 10.3. The summed E-state index contributed by atoms with van der Waals surface area (Å²) in [4.78, 5) is 4.39. The lowest BCUT2D eigenvalue weighted by atomic mass is 9.95. The normalized spacial score (nSPS) is 24.1. The van der Waals surface area contributed by atoms with Crippen LogP contribution in [0, 0.1) is 5.92 Å². The quantitative estimate of drug-likeness (QED) is 0.688. The smallest absolute Gasteiger partial charge is 0.109 e. The van der Waals surface area contributed by atoms with E-state index in [0.29, 0.717) is 12.0 Å². The van der Waals surface area contributed by atoms with Crippen molar-refractivity contribution in [1.29, 1.82) is 0 Å². The molecule has 2 heterocycles. The van der Waals surface area contributed by atoms with E-state index in [-0.39, 0.29) is 0 Å². The molecule has 0 aliphatic carbocycles. The van der Waals surface area contributed by atoms with Crippen LogP contribution in [0.2, 0.25) is 0 Å². The number of benzene rings is 1. The third kappa shape index (κ3) is 1.29. The maximum atomic E-state index is 4.39. The summed E-state index contributed by atoms with van der Waals surface area (Å²) >= 11 is 0. The van der Waals surface area contributed by atoms with Gasteiger partial charge in [-0.25, -0.2) is 4.98 Å². The summed E-state index contributed by atoms with van der Waals surface area (Å²) in [6, 6.07) is 11.2. The number of imidazole rings is 1. The van der Waals surface area contributed by atoms with Crippen LogP contribution in [0.4, 0.5) is 0 Å². The fraction of sp³-hybridized carbons (Fsp3) is 0.308. The van der Waals surface area contributed by atoms with E-state index in [2.05, 4.69) is 53.0 Å². The van der Waals surface area contributed by atoms with Gasteiger partial charge >= 0.3 is 0 Å². The van der Waals surface area contributed by atoms with Gasteiger partial charge in [0.2, 0.25) is 0 Å². The number of hydrogen-bond donors (Lipinski definition) is 0. The molecular weight excluding hydrogens is 184 g/mol. The predicted octanol–water partition coefficient (Wildman–Crippen LogP) is 2.66. The summed E-state index contributed by atoms with van der Waals surface area (Å²) in [6.07, 6.45) is 5.08. The lowest BCUT2D eigenvalue weighted by Gasteiger charge is -2.18. The summed E-state index contributed by atoms with van der Waals surface area (Å²) in [5.74, 6) is 1.87. The first-order valence-electron chi connectivity index (χ1n) is 5.43. The second-order valence-corrected chi connectivity index (χ2v) is 4.29. The Morgan fingerprint density at radius 2 is 2.07 bits per heavy atom. The average molecular weight is 198 g/mol. The first kappa shape index (κ1) is 8.72. The number of aromatic nitrogens is 2. The third-order valence-corrected chi connectivity index (χ3v) is 3.23. The van der Waals surface area contributed by atoms with Crippen LogP contribution in [-0.2, 0) is 6.42 Å². The molecule has 0 fully saturated rings. The van der Waals surface area contributed by atoms with Gasteiger partial charge in [-0.3, -0.25) is 0 Å². The first-order chi connectivity index (χ1) is 7.36. The Kier molecular flexibility index (Phi) is 1.88. The molecule has 1 aromatic heterocycles. The van der Waals surface area contributed by atoms with Crippen LogP contribution in [-0.4, -0.2) is 9.55 Å². The van der Waals surface area contributed by atoms with Crippen molar-refractivity contribution in [2.75, 3.05) is 0 Å². The molecule has 2 atom stereocenters. The minimum Gasteiger partial charge on any atom is -0.327 e. The Bertz CT molecular complexity index is 458. The largest absolute Gasteiger partial charge is 0.327 e. The molecule has 0 saturated carbocycles. The van der Waals surface area contributed by atoms with Gasteiger partial charge in [-0.15, -0.1) is 0 Å². The summed E-state index contributed by atoms with van der Waals surface area (Å²) < 4.78 is 2.31. The lowest BCUT2D eigenvalue weighted by molar-refractivity contribution is 0.475. The van der Waals surface area contributed by atoms with Crippen molar-refractivity contribution in [1.82, 2.24) is 9.55 Å². The summed E-state index contributed by atoms with van der Waals surface area (Å²) in [5, 5.41) is 0. The average Bonchev–Trinajstić information content (AvgIpc) is 2.78. The Hall–Kier alpha value is -1.57. The molecule has 1 aliphatic heterocycles. The molecule has 0 amide bonds. The number of nitrogens with zero attached hydrogens (tertiary/aromatic N) is 2. The minimum atomic E-state index is 0.476. The molecule has 0 spiro atoms. The van der Waals surface area contributed by atoms with E-state index in [1.807, 2.05) is 6.20 Å². The lowest BCUT2D eigenvalue weighted by Crippen LogP contribution is -2.10. The molecule has 2 heteroatoms. The zero-order valence-electron chi connectivity index (χ0n) is 8.80. The van der Waals surface area contributed by atoms with E-state index in [4.69, 9.17) is 0 Å². The van der Waals surface area contributed by atoms with Crippen LogP contribution in [0.3, 0.4) is 0 Å². The zero-order valence-corrected chi connectivity index (χ0v) is 8.80. The van der Waals surface area contributed by atoms with E-state index in [9.17, 15) is 0 Å². The maximum Gasteiger partial charge on any atom is 0.109 e. The number of hydrogen-bond acceptors (Lipinski definition) is 1. The van der Waals surface area contributed by atoms with E-state index in [1.54, 1.807) is 0 Å². The number of rotatable bonds is 1. The third-order valence-electron chi connectivity index (χ3n) is 3.23. The van der Waals surface area contributed by atoms with Gasteiger partial charge in [0.05, 0.1) is 6.04 Å². The second-order valence-electron chi connectivity index (χ2n) is 4.29. The standard InChI is InChI=1S/C13H14N2/c1-10-9-12-14-7-8-15(12)13(10)11-5-3-2-4-6-11/h2-8,10,13H,9H2,1H3. The molecule has 1 aliphatic rings. The minimum absolute atomic E-state index is 0.476.